The van der Waals surface area contributed by atoms with E-state index in [1.54, 1.807) is 0 Å². The Bertz CT molecular complexity index is 580. The van der Waals surface area contributed by atoms with E-state index in [2.05, 4.69) is 24.3 Å². The maximum atomic E-state index is 13.0. The van der Waals surface area contributed by atoms with E-state index in [1.807, 2.05) is 12.1 Å². The van der Waals surface area contributed by atoms with Crippen molar-refractivity contribution in [1.82, 2.24) is 0 Å². The van der Waals surface area contributed by atoms with Crippen LogP contribution in [-0.2, 0) is 6.42 Å². The molecule has 1 aliphatic rings. The first-order valence-electron chi connectivity index (χ1n) is 8.55. The summed E-state index contributed by atoms with van der Waals surface area (Å²) < 4.78 is 14.1. The van der Waals surface area contributed by atoms with Gasteiger partial charge in [-0.1, -0.05) is 0 Å². The minimum atomic E-state index is -0.174. The molecule has 0 aromatic heterocycles. The van der Waals surface area contributed by atoms with Gasteiger partial charge in [0.2, 0.25) is 0 Å². The zero-order valence-electron chi connectivity index (χ0n) is 13.4. The average Bonchev–Trinajstić information content (AvgIpc) is 2.56. The van der Waals surface area contributed by atoms with Crippen LogP contribution in [0, 0.1) is 54.5 Å². The maximum absolute atomic E-state index is 13.0. The van der Waals surface area contributed by atoms with Crippen molar-refractivity contribution in [1.29, 1.82) is 0 Å². The molecule has 0 N–H and O–H groups in total. The van der Waals surface area contributed by atoms with Crippen molar-refractivity contribution >= 4 is 0 Å². The Morgan fingerprint density at radius 3 is 1.95 bits per heavy atom. The van der Waals surface area contributed by atoms with E-state index in [1.165, 1.54) is 62.7 Å². The molecule has 2 aromatic carbocycles. The minimum Gasteiger partial charge on any atom is -0.0257 e. The van der Waals surface area contributed by atoms with Crippen LogP contribution in [0.5, 0.6) is 0 Å². The number of hydrogen-bond donors (Lipinski definition) is 0. The van der Waals surface area contributed by atoms with Gasteiger partial charge in [-0.2, -0.15) is 0 Å². The Kier molecular flexibility index (Phi) is 6.14. The summed E-state index contributed by atoms with van der Waals surface area (Å²) in [6, 6.07) is 15.6. The molecular weight excluding hydrogens is 485 g/mol. The number of benzene rings is 2. The minimum absolute atomic E-state index is 0.174. The summed E-state index contributed by atoms with van der Waals surface area (Å²) in [5, 5.41) is 0. The third-order valence-electron chi connectivity index (χ3n) is 5.11. The third-order valence-corrected chi connectivity index (χ3v) is 9.85. The normalized spacial score (nSPS) is 21.6. The second-order valence-corrected chi connectivity index (χ2v) is 13.6. The molecular formula is C20H23FRa. The van der Waals surface area contributed by atoms with Gasteiger partial charge in [0.15, 0.2) is 0 Å². The van der Waals surface area contributed by atoms with Crippen molar-refractivity contribution in [3.05, 3.63) is 59.9 Å². The molecule has 0 bridgehead atoms. The van der Waals surface area contributed by atoms with Crippen molar-refractivity contribution in [2.24, 2.45) is 5.92 Å². The quantitative estimate of drug-likeness (QED) is 0.498. The molecule has 0 atom stereocenters. The van der Waals surface area contributed by atoms with E-state index in [0.29, 0.717) is 0 Å². The van der Waals surface area contributed by atoms with Crippen LogP contribution in [0.2, 0.25) is 0.959 Å². The van der Waals surface area contributed by atoms with E-state index in [-0.39, 0.29) is 5.82 Å². The first-order valence-corrected chi connectivity index (χ1v) is 13.3. The fraction of sp³-hybridized carbons (Fsp3) is 0.400. The molecule has 22 heavy (non-hydrogen) atoms. The Balaban J connectivity index is 1.56. The van der Waals surface area contributed by atoms with Crippen molar-refractivity contribution < 1.29 is 47.2 Å². The van der Waals surface area contributed by atoms with Gasteiger partial charge in [-0.3, -0.25) is 0 Å². The molecule has 0 aliphatic heterocycles. The zero-order chi connectivity index (χ0) is 15.4. The van der Waals surface area contributed by atoms with Crippen LogP contribution in [0.1, 0.15) is 37.7 Å². The number of hydrogen-bond acceptors (Lipinski definition) is 0. The molecule has 0 nitrogen and oxygen atoms in total. The van der Waals surface area contributed by atoms with Crippen LogP contribution in [0.3, 0.4) is 0 Å². The van der Waals surface area contributed by atoms with Crippen LogP contribution in [0.15, 0.2) is 48.5 Å². The van der Waals surface area contributed by atoms with Gasteiger partial charge >= 0.3 is 141 Å². The number of halogens is 1. The summed E-state index contributed by atoms with van der Waals surface area (Å²) in [6.45, 7) is 0. The van der Waals surface area contributed by atoms with Crippen LogP contribution in [0.4, 0.5) is 4.39 Å². The van der Waals surface area contributed by atoms with Crippen molar-refractivity contribution in [2.75, 3.05) is 0 Å². The Hall–Kier alpha value is -0.162. The van der Waals surface area contributed by atoms with E-state index < -0.39 is 0 Å². The van der Waals surface area contributed by atoms with Crippen molar-refractivity contribution in [3.8, 4) is 11.1 Å². The van der Waals surface area contributed by atoms with Crippen LogP contribution < -0.4 is 0 Å². The summed E-state index contributed by atoms with van der Waals surface area (Å²) in [5.41, 5.74) is 3.69. The number of aryl methyl sites for hydroxylation is 1. The van der Waals surface area contributed by atoms with Gasteiger partial charge in [-0.15, -0.1) is 0 Å². The first kappa shape index (κ1) is 16.7. The third kappa shape index (κ3) is 4.67. The summed E-state index contributed by atoms with van der Waals surface area (Å²) in [4.78, 5) is 0. The van der Waals surface area contributed by atoms with E-state index >= 15 is 0 Å². The molecule has 2 aromatic rings. The summed E-state index contributed by atoms with van der Waals surface area (Å²) in [5.74, 6) is 0.786. The predicted octanol–water partition coefficient (Wildman–Crippen LogP) is 5.69. The summed E-state index contributed by atoms with van der Waals surface area (Å²) in [6.07, 6.45) is 8.51. The van der Waals surface area contributed by atoms with E-state index in [4.69, 9.17) is 0 Å². The van der Waals surface area contributed by atoms with Gasteiger partial charge in [0, 0.05) is 0 Å². The Morgan fingerprint density at radius 1 is 0.818 bits per heavy atom. The van der Waals surface area contributed by atoms with E-state index in [0.717, 1.165) is 54.3 Å². The predicted molar refractivity (Wildman–Crippen MR) is 87.3 cm³/mol. The summed E-state index contributed by atoms with van der Waals surface area (Å²) in [7, 11) is 0. The van der Waals surface area contributed by atoms with Crippen LogP contribution >= 0.6 is 0 Å². The monoisotopic (exact) mass is 508 g/mol. The van der Waals surface area contributed by atoms with Gasteiger partial charge < -0.3 is 0 Å². The molecule has 0 amide bonds. The van der Waals surface area contributed by atoms with E-state index in [9.17, 15) is 4.39 Å². The van der Waals surface area contributed by atoms with Crippen molar-refractivity contribution in [2.45, 2.75) is 39.5 Å². The van der Waals surface area contributed by atoms with Gasteiger partial charge in [0.05, 0.1) is 0 Å². The Labute approximate surface area is 162 Å². The summed E-state index contributed by atoms with van der Waals surface area (Å²) >= 11 is 0.734. The molecule has 112 valence electrons. The van der Waals surface area contributed by atoms with Gasteiger partial charge in [0.1, 0.15) is 5.82 Å². The molecule has 0 unspecified atom stereocenters. The fourth-order valence-corrected chi connectivity index (χ4v) is 6.23. The van der Waals surface area contributed by atoms with Gasteiger partial charge in [-0.05, 0) is 12.1 Å². The standard InChI is InChI=1S/C20H22F.Ra.H/c21-20-14-12-19(13-15-20)18-10-8-17(9-11-18)7-6-16-4-2-1-3-5-16;;/h1,8-16H,2-7H2;;. The Morgan fingerprint density at radius 2 is 1.36 bits per heavy atom. The van der Waals surface area contributed by atoms with Gasteiger partial charge in [-0.25, -0.2) is 4.39 Å². The second-order valence-electron chi connectivity index (χ2n) is 6.87. The number of rotatable bonds is 4. The molecule has 2 heteroatoms. The molecule has 0 radical (unpaired) electrons. The molecule has 0 heterocycles. The topological polar surface area (TPSA) is 0 Å². The molecule has 0 saturated heterocycles. The van der Waals surface area contributed by atoms with Crippen molar-refractivity contribution in [3.63, 3.8) is 0 Å². The SMILES string of the molecule is Fc1ccc(-c2ccc(CCC3CC[CH]([RaH])CC3)cc2)cc1. The molecule has 1 saturated carbocycles. The average molecular weight is 508 g/mol. The van der Waals surface area contributed by atoms with Gasteiger partial charge in [0.25, 0.3) is 0 Å². The zero-order valence-corrected chi connectivity index (χ0v) is 21.6. The smallest absolute Gasteiger partial charge is 0.0257 e. The van der Waals surface area contributed by atoms with Crippen LogP contribution in [0.25, 0.3) is 11.1 Å². The van der Waals surface area contributed by atoms with Crippen LogP contribution in [-0.4, -0.2) is 0 Å². The second kappa shape index (κ2) is 8.09. The molecule has 1 aliphatic carbocycles. The molecule has 0 spiro atoms. The molecule has 3 rings (SSSR count). The fourth-order valence-electron chi connectivity index (χ4n) is 3.49. The first-order chi connectivity index (χ1) is 10.7. The molecule has 1 fully saturated rings.